The molecule has 1 aliphatic heterocycles. The third kappa shape index (κ3) is 5.11. The van der Waals surface area contributed by atoms with Crippen molar-refractivity contribution >= 4 is 5.91 Å². The maximum atomic E-state index is 12.0. The second kappa shape index (κ2) is 9.09. The molecule has 0 atom stereocenters. The molecule has 1 heterocycles. The normalized spacial score (nSPS) is 19.7. The van der Waals surface area contributed by atoms with Crippen LogP contribution < -0.4 is 14.8 Å². The fraction of sp³-hybridized carbons (Fsp3) is 0.650. The maximum absolute atomic E-state index is 12.0. The molecule has 1 saturated carbocycles. The zero-order chi connectivity index (χ0) is 17.5. The minimum atomic E-state index is -0.0656. The van der Waals surface area contributed by atoms with Crippen molar-refractivity contribution in [3.8, 4) is 11.5 Å². The zero-order valence-corrected chi connectivity index (χ0v) is 15.2. The monoisotopic (exact) mass is 346 g/mol. The van der Waals surface area contributed by atoms with Crippen molar-refractivity contribution < 1.29 is 14.3 Å². The molecule has 1 aromatic rings. The van der Waals surface area contributed by atoms with Crippen molar-refractivity contribution in [3.05, 3.63) is 24.3 Å². The predicted molar refractivity (Wildman–Crippen MR) is 98.1 cm³/mol. The molecule has 0 unspecified atom stereocenters. The minimum Gasteiger partial charge on any atom is -0.493 e. The molecule has 138 valence electrons. The Bertz CT molecular complexity index is 550. The number of rotatable bonds is 7. The lowest BCUT2D eigenvalue weighted by molar-refractivity contribution is -0.123. The van der Waals surface area contributed by atoms with Gasteiger partial charge in [-0.15, -0.1) is 0 Å². The van der Waals surface area contributed by atoms with E-state index in [1.165, 1.54) is 51.6 Å². The summed E-state index contributed by atoms with van der Waals surface area (Å²) >= 11 is 0. The van der Waals surface area contributed by atoms with Gasteiger partial charge in [-0.2, -0.15) is 0 Å². The molecular weight excluding hydrogens is 316 g/mol. The van der Waals surface area contributed by atoms with E-state index in [-0.39, 0.29) is 12.5 Å². The van der Waals surface area contributed by atoms with Gasteiger partial charge in [0.25, 0.3) is 5.91 Å². The second-order valence-corrected chi connectivity index (χ2v) is 7.16. The van der Waals surface area contributed by atoms with Crippen LogP contribution in [0.3, 0.4) is 0 Å². The van der Waals surface area contributed by atoms with Gasteiger partial charge in [0.2, 0.25) is 0 Å². The van der Waals surface area contributed by atoms with E-state index in [4.69, 9.17) is 9.47 Å². The molecule has 2 fully saturated rings. The first-order valence-electron chi connectivity index (χ1n) is 9.53. The smallest absolute Gasteiger partial charge is 0.257 e. The van der Waals surface area contributed by atoms with Gasteiger partial charge in [0.05, 0.1) is 7.11 Å². The molecule has 1 aromatic carbocycles. The van der Waals surface area contributed by atoms with Crippen LogP contribution in [0.1, 0.15) is 38.5 Å². The zero-order valence-electron chi connectivity index (χ0n) is 15.2. The molecular formula is C20H30N2O3. The fourth-order valence-corrected chi connectivity index (χ4v) is 3.98. The van der Waals surface area contributed by atoms with Gasteiger partial charge in [-0.1, -0.05) is 25.0 Å². The fourth-order valence-electron chi connectivity index (χ4n) is 3.98. The first kappa shape index (κ1) is 18.1. The molecule has 0 aromatic heterocycles. The molecule has 2 aliphatic rings. The van der Waals surface area contributed by atoms with E-state index < -0.39 is 0 Å². The molecule has 0 bridgehead atoms. The summed E-state index contributed by atoms with van der Waals surface area (Å²) in [5.41, 5.74) is 0. The summed E-state index contributed by atoms with van der Waals surface area (Å²) in [6, 6.07) is 8.21. The van der Waals surface area contributed by atoms with E-state index in [9.17, 15) is 4.79 Å². The van der Waals surface area contributed by atoms with Crippen LogP contribution in [0, 0.1) is 5.92 Å². The van der Waals surface area contributed by atoms with Gasteiger partial charge in [0.1, 0.15) is 0 Å². The van der Waals surface area contributed by atoms with Crippen LogP contribution in [0.5, 0.6) is 11.5 Å². The SMILES string of the molecule is COc1ccccc1OCC(=O)NCC1CCN(C2CCCC2)CC1. The number of nitrogens with zero attached hydrogens (tertiary/aromatic N) is 1. The van der Waals surface area contributed by atoms with Crippen LogP contribution in [0.15, 0.2) is 24.3 Å². The number of carbonyl (C=O) groups is 1. The Morgan fingerprint density at radius 2 is 1.80 bits per heavy atom. The van der Waals surface area contributed by atoms with Crippen LogP contribution in [0.2, 0.25) is 0 Å². The predicted octanol–water partition coefficient (Wildman–Crippen LogP) is 2.84. The Morgan fingerprint density at radius 3 is 2.48 bits per heavy atom. The Labute approximate surface area is 150 Å². The maximum Gasteiger partial charge on any atom is 0.257 e. The summed E-state index contributed by atoms with van der Waals surface area (Å²) < 4.78 is 10.8. The lowest BCUT2D eigenvalue weighted by atomic mass is 9.95. The van der Waals surface area contributed by atoms with Crippen molar-refractivity contribution in [3.63, 3.8) is 0 Å². The van der Waals surface area contributed by atoms with Gasteiger partial charge in [0, 0.05) is 12.6 Å². The van der Waals surface area contributed by atoms with Gasteiger partial charge < -0.3 is 19.7 Å². The number of amides is 1. The van der Waals surface area contributed by atoms with Gasteiger partial charge >= 0.3 is 0 Å². The number of likely N-dealkylation sites (tertiary alicyclic amines) is 1. The number of para-hydroxylation sites is 2. The average molecular weight is 346 g/mol. The van der Waals surface area contributed by atoms with Crippen molar-refractivity contribution in [2.75, 3.05) is 33.4 Å². The molecule has 3 rings (SSSR count). The van der Waals surface area contributed by atoms with E-state index in [0.29, 0.717) is 17.4 Å². The van der Waals surface area contributed by atoms with Crippen LogP contribution in [-0.2, 0) is 4.79 Å². The summed E-state index contributed by atoms with van der Waals surface area (Å²) in [5.74, 6) is 1.77. The Hall–Kier alpha value is -1.75. The molecule has 0 radical (unpaired) electrons. The van der Waals surface area contributed by atoms with Crippen molar-refractivity contribution in [1.82, 2.24) is 10.2 Å². The number of ether oxygens (including phenoxy) is 2. The largest absolute Gasteiger partial charge is 0.493 e. The van der Waals surface area contributed by atoms with Crippen LogP contribution in [0.25, 0.3) is 0 Å². The quantitative estimate of drug-likeness (QED) is 0.825. The minimum absolute atomic E-state index is 0.0291. The lowest BCUT2D eigenvalue weighted by Crippen LogP contribution is -2.43. The molecule has 1 N–H and O–H groups in total. The molecule has 1 aliphatic carbocycles. The number of hydrogen-bond donors (Lipinski definition) is 1. The first-order valence-corrected chi connectivity index (χ1v) is 9.53. The van der Waals surface area contributed by atoms with Gasteiger partial charge in [0.15, 0.2) is 18.1 Å². The third-order valence-corrected chi connectivity index (χ3v) is 5.51. The van der Waals surface area contributed by atoms with Crippen molar-refractivity contribution in [2.24, 2.45) is 5.92 Å². The number of benzene rings is 1. The van der Waals surface area contributed by atoms with Crippen molar-refractivity contribution in [1.29, 1.82) is 0 Å². The van der Waals surface area contributed by atoms with E-state index in [2.05, 4.69) is 10.2 Å². The third-order valence-electron chi connectivity index (χ3n) is 5.51. The van der Waals surface area contributed by atoms with Crippen molar-refractivity contribution in [2.45, 2.75) is 44.6 Å². The van der Waals surface area contributed by atoms with Crippen LogP contribution in [-0.4, -0.2) is 50.2 Å². The molecule has 25 heavy (non-hydrogen) atoms. The molecule has 1 amide bonds. The van der Waals surface area contributed by atoms with Gasteiger partial charge in [-0.3, -0.25) is 4.79 Å². The summed E-state index contributed by atoms with van der Waals surface area (Å²) in [6.07, 6.45) is 7.91. The summed E-state index contributed by atoms with van der Waals surface area (Å²) in [4.78, 5) is 14.7. The molecule has 1 saturated heterocycles. The number of carbonyl (C=O) groups excluding carboxylic acids is 1. The van der Waals surface area contributed by atoms with E-state index in [1.54, 1.807) is 7.11 Å². The summed E-state index contributed by atoms with van der Waals surface area (Å²) in [7, 11) is 1.60. The Morgan fingerprint density at radius 1 is 1.12 bits per heavy atom. The molecule has 0 spiro atoms. The van der Waals surface area contributed by atoms with E-state index >= 15 is 0 Å². The number of nitrogens with one attached hydrogen (secondary N) is 1. The van der Waals surface area contributed by atoms with Crippen LogP contribution in [0.4, 0.5) is 0 Å². The Kier molecular flexibility index (Phi) is 6.56. The number of methoxy groups -OCH3 is 1. The van der Waals surface area contributed by atoms with Crippen LogP contribution >= 0.6 is 0 Å². The molecule has 5 nitrogen and oxygen atoms in total. The highest BCUT2D eigenvalue weighted by atomic mass is 16.5. The lowest BCUT2D eigenvalue weighted by Gasteiger charge is -2.36. The van der Waals surface area contributed by atoms with E-state index in [1.807, 2.05) is 24.3 Å². The second-order valence-electron chi connectivity index (χ2n) is 7.16. The van der Waals surface area contributed by atoms with Gasteiger partial charge in [-0.25, -0.2) is 0 Å². The Balaban J connectivity index is 1.34. The standard InChI is InChI=1S/C20H30N2O3/c1-24-18-8-4-5-9-19(18)25-15-20(23)21-14-16-10-12-22(13-11-16)17-6-2-3-7-17/h4-5,8-9,16-17H,2-3,6-7,10-15H2,1H3,(H,21,23). The highest BCUT2D eigenvalue weighted by Gasteiger charge is 2.27. The molecule has 5 heteroatoms. The van der Waals surface area contributed by atoms with E-state index in [0.717, 1.165) is 12.6 Å². The highest BCUT2D eigenvalue weighted by molar-refractivity contribution is 5.77. The highest BCUT2D eigenvalue weighted by Crippen LogP contribution is 2.28. The number of piperidine rings is 1. The topological polar surface area (TPSA) is 50.8 Å². The van der Waals surface area contributed by atoms with Gasteiger partial charge in [-0.05, 0) is 56.8 Å². The average Bonchev–Trinajstić information content (AvgIpc) is 3.20. The summed E-state index contributed by atoms with van der Waals surface area (Å²) in [5, 5.41) is 3.02. The first-order chi connectivity index (χ1) is 12.3. The summed E-state index contributed by atoms with van der Waals surface area (Å²) in [6.45, 7) is 3.15. The number of hydrogen-bond acceptors (Lipinski definition) is 4.